The van der Waals surface area contributed by atoms with Gasteiger partial charge in [0, 0.05) is 0 Å². The first-order chi connectivity index (χ1) is 7.63. The Bertz CT molecular complexity index is 429. The predicted octanol–water partition coefficient (Wildman–Crippen LogP) is 1.37. The SMILES string of the molecule is N#Cc1ccc(/C=C/C[C@H](N)C(=O)O)cc1. The third-order valence-electron chi connectivity index (χ3n) is 2.06. The normalized spacial score (nSPS) is 12.2. The molecular weight excluding hydrogens is 204 g/mol. The minimum absolute atomic E-state index is 0.287. The Labute approximate surface area is 93.6 Å². The van der Waals surface area contributed by atoms with E-state index >= 15 is 0 Å². The molecule has 0 aliphatic carbocycles. The molecule has 0 aliphatic heterocycles. The van der Waals surface area contributed by atoms with Gasteiger partial charge in [0.25, 0.3) is 0 Å². The van der Waals surface area contributed by atoms with Crippen LogP contribution in [0.5, 0.6) is 0 Å². The number of rotatable bonds is 4. The van der Waals surface area contributed by atoms with Crippen LogP contribution in [0.3, 0.4) is 0 Å². The van der Waals surface area contributed by atoms with E-state index in [1.54, 1.807) is 36.4 Å². The molecule has 0 aliphatic rings. The van der Waals surface area contributed by atoms with Gasteiger partial charge in [0.1, 0.15) is 6.04 Å². The van der Waals surface area contributed by atoms with Crippen molar-refractivity contribution in [3.05, 3.63) is 41.5 Å². The molecule has 0 fully saturated rings. The van der Waals surface area contributed by atoms with Gasteiger partial charge in [0.2, 0.25) is 0 Å². The Morgan fingerprint density at radius 1 is 1.50 bits per heavy atom. The fourth-order valence-corrected chi connectivity index (χ4v) is 1.12. The van der Waals surface area contributed by atoms with E-state index in [1.165, 1.54) is 0 Å². The van der Waals surface area contributed by atoms with Crippen LogP contribution >= 0.6 is 0 Å². The van der Waals surface area contributed by atoms with Gasteiger partial charge in [-0.2, -0.15) is 5.26 Å². The molecule has 4 heteroatoms. The average molecular weight is 216 g/mol. The summed E-state index contributed by atoms with van der Waals surface area (Å²) >= 11 is 0. The highest BCUT2D eigenvalue weighted by Gasteiger charge is 2.07. The fourth-order valence-electron chi connectivity index (χ4n) is 1.12. The molecule has 1 aromatic rings. The molecule has 0 radical (unpaired) electrons. The van der Waals surface area contributed by atoms with Gasteiger partial charge in [-0.3, -0.25) is 4.79 Å². The van der Waals surface area contributed by atoms with Crippen molar-refractivity contribution in [3.8, 4) is 6.07 Å². The summed E-state index contributed by atoms with van der Waals surface area (Å²) in [5.41, 5.74) is 6.84. The number of hydrogen-bond donors (Lipinski definition) is 2. The Balaban J connectivity index is 2.57. The van der Waals surface area contributed by atoms with E-state index in [0.29, 0.717) is 5.56 Å². The zero-order valence-corrected chi connectivity index (χ0v) is 8.63. The minimum Gasteiger partial charge on any atom is -0.480 e. The Hall–Kier alpha value is -2.12. The number of nitriles is 1. The highest BCUT2D eigenvalue weighted by molar-refractivity contribution is 5.73. The second-order valence-corrected chi connectivity index (χ2v) is 3.32. The summed E-state index contributed by atoms with van der Waals surface area (Å²) in [6, 6.07) is 8.15. The number of aliphatic carboxylic acids is 1. The summed E-state index contributed by atoms with van der Waals surface area (Å²) in [5, 5.41) is 17.1. The molecule has 0 aromatic heterocycles. The third kappa shape index (κ3) is 3.56. The van der Waals surface area contributed by atoms with Gasteiger partial charge in [-0.25, -0.2) is 0 Å². The summed E-state index contributed by atoms with van der Waals surface area (Å²) in [7, 11) is 0. The van der Waals surface area contributed by atoms with E-state index in [9.17, 15) is 4.79 Å². The van der Waals surface area contributed by atoms with Crippen molar-refractivity contribution in [1.82, 2.24) is 0 Å². The smallest absolute Gasteiger partial charge is 0.320 e. The molecule has 82 valence electrons. The molecule has 0 unspecified atom stereocenters. The van der Waals surface area contributed by atoms with Crippen LogP contribution in [0.4, 0.5) is 0 Å². The Kier molecular flexibility index (Phi) is 4.25. The first kappa shape index (κ1) is 12.0. The van der Waals surface area contributed by atoms with Crippen LogP contribution in [0.1, 0.15) is 17.5 Å². The zero-order valence-electron chi connectivity index (χ0n) is 8.63. The lowest BCUT2D eigenvalue weighted by molar-refractivity contribution is -0.138. The van der Waals surface area contributed by atoms with Crippen LogP contribution in [0.25, 0.3) is 6.08 Å². The van der Waals surface area contributed by atoms with Crippen molar-refractivity contribution < 1.29 is 9.90 Å². The van der Waals surface area contributed by atoms with Crippen molar-refractivity contribution in [2.45, 2.75) is 12.5 Å². The monoisotopic (exact) mass is 216 g/mol. The number of carboxylic acids is 1. The third-order valence-corrected chi connectivity index (χ3v) is 2.06. The highest BCUT2D eigenvalue weighted by atomic mass is 16.4. The van der Waals surface area contributed by atoms with Gasteiger partial charge in [-0.05, 0) is 24.1 Å². The average Bonchev–Trinajstić information content (AvgIpc) is 2.29. The Morgan fingerprint density at radius 3 is 2.62 bits per heavy atom. The van der Waals surface area contributed by atoms with Gasteiger partial charge in [-0.15, -0.1) is 0 Å². The molecule has 16 heavy (non-hydrogen) atoms. The molecule has 0 saturated carbocycles. The first-order valence-electron chi connectivity index (χ1n) is 4.78. The summed E-state index contributed by atoms with van der Waals surface area (Å²) in [6.07, 6.45) is 3.78. The summed E-state index contributed by atoms with van der Waals surface area (Å²) in [6.45, 7) is 0. The number of benzene rings is 1. The Morgan fingerprint density at radius 2 is 2.12 bits per heavy atom. The largest absolute Gasteiger partial charge is 0.480 e. The lowest BCUT2D eigenvalue weighted by Gasteiger charge is -2.00. The molecule has 0 heterocycles. The first-order valence-corrected chi connectivity index (χ1v) is 4.78. The van der Waals surface area contributed by atoms with Crippen LogP contribution in [0, 0.1) is 11.3 Å². The van der Waals surface area contributed by atoms with Gasteiger partial charge in [-0.1, -0.05) is 24.3 Å². The molecular formula is C12H12N2O2. The van der Waals surface area contributed by atoms with Crippen LogP contribution < -0.4 is 5.73 Å². The second-order valence-electron chi connectivity index (χ2n) is 3.32. The van der Waals surface area contributed by atoms with E-state index in [1.807, 2.05) is 6.07 Å². The van der Waals surface area contributed by atoms with Crippen LogP contribution in [-0.2, 0) is 4.79 Å². The molecule has 1 aromatic carbocycles. The number of hydrogen-bond acceptors (Lipinski definition) is 3. The lowest BCUT2D eigenvalue weighted by Crippen LogP contribution is -2.29. The van der Waals surface area contributed by atoms with E-state index < -0.39 is 12.0 Å². The van der Waals surface area contributed by atoms with Crippen molar-refractivity contribution in [2.24, 2.45) is 5.73 Å². The van der Waals surface area contributed by atoms with E-state index in [0.717, 1.165) is 5.56 Å². The maximum absolute atomic E-state index is 10.4. The number of carbonyl (C=O) groups is 1. The minimum atomic E-state index is -1.01. The summed E-state index contributed by atoms with van der Waals surface area (Å²) in [5.74, 6) is -1.01. The molecule has 3 N–H and O–H groups in total. The number of nitrogens with two attached hydrogens (primary N) is 1. The van der Waals surface area contributed by atoms with Gasteiger partial charge in [0.15, 0.2) is 0 Å². The van der Waals surface area contributed by atoms with E-state index in [-0.39, 0.29) is 6.42 Å². The van der Waals surface area contributed by atoms with Crippen LogP contribution in [0.15, 0.2) is 30.3 Å². The van der Waals surface area contributed by atoms with Gasteiger partial charge >= 0.3 is 5.97 Å². The maximum atomic E-state index is 10.4. The van der Waals surface area contributed by atoms with Crippen molar-refractivity contribution in [2.75, 3.05) is 0 Å². The molecule has 0 amide bonds. The molecule has 0 bridgehead atoms. The predicted molar refractivity (Wildman–Crippen MR) is 60.4 cm³/mol. The van der Waals surface area contributed by atoms with Gasteiger partial charge < -0.3 is 10.8 Å². The zero-order chi connectivity index (χ0) is 12.0. The molecule has 0 saturated heterocycles. The van der Waals surface area contributed by atoms with E-state index in [2.05, 4.69) is 0 Å². The lowest BCUT2D eigenvalue weighted by atomic mass is 10.1. The van der Waals surface area contributed by atoms with Crippen molar-refractivity contribution >= 4 is 12.0 Å². The van der Waals surface area contributed by atoms with Gasteiger partial charge in [0.05, 0.1) is 11.6 Å². The topological polar surface area (TPSA) is 87.1 Å². The van der Waals surface area contributed by atoms with Crippen LogP contribution in [-0.4, -0.2) is 17.1 Å². The number of carboxylic acid groups (broad SMARTS) is 1. The second kappa shape index (κ2) is 5.69. The molecule has 0 spiro atoms. The van der Waals surface area contributed by atoms with Crippen molar-refractivity contribution in [3.63, 3.8) is 0 Å². The van der Waals surface area contributed by atoms with Crippen LogP contribution in [0.2, 0.25) is 0 Å². The highest BCUT2D eigenvalue weighted by Crippen LogP contribution is 2.06. The molecule has 1 rings (SSSR count). The van der Waals surface area contributed by atoms with Crippen molar-refractivity contribution in [1.29, 1.82) is 5.26 Å². The summed E-state index contributed by atoms with van der Waals surface area (Å²) < 4.78 is 0. The summed E-state index contributed by atoms with van der Waals surface area (Å²) in [4.78, 5) is 10.4. The van der Waals surface area contributed by atoms with E-state index in [4.69, 9.17) is 16.1 Å². The molecule has 1 atom stereocenters. The molecule has 4 nitrogen and oxygen atoms in total. The fraction of sp³-hybridized carbons (Fsp3) is 0.167. The maximum Gasteiger partial charge on any atom is 0.320 e. The quantitative estimate of drug-likeness (QED) is 0.795. The standard InChI is InChI=1S/C12H12N2O2/c13-8-10-6-4-9(5-7-10)2-1-3-11(14)12(15)16/h1-2,4-7,11H,3,14H2,(H,15,16)/b2-1+/t11-/m0/s1. The number of nitrogens with zero attached hydrogens (tertiary/aromatic N) is 1.